The average molecular weight is 521 g/mol. The molecule has 0 aliphatic carbocycles. The molecule has 0 spiro atoms. The maximum atomic E-state index is 13.5. The van der Waals surface area contributed by atoms with Gasteiger partial charge in [-0.1, -0.05) is 24.3 Å². The van der Waals surface area contributed by atoms with Crippen LogP contribution in [-0.4, -0.2) is 78.8 Å². The highest BCUT2D eigenvalue weighted by Gasteiger charge is 2.29. The second-order valence-electron chi connectivity index (χ2n) is 9.09. The van der Waals surface area contributed by atoms with Crippen molar-refractivity contribution in [2.45, 2.75) is 29.6 Å². The van der Waals surface area contributed by atoms with Gasteiger partial charge in [-0.3, -0.25) is 0 Å². The van der Waals surface area contributed by atoms with Gasteiger partial charge in [0.25, 0.3) is 0 Å². The maximum absolute atomic E-state index is 13.5. The summed E-state index contributed by atoms with van der Waals surface area (Å²) >= 11 is 0. The third-order valence-corrected chi connectivity index (χ3v) is 9.69. The molecule has 0 aromatic heterocycles. The van der Waals surface area contributed by atoms with E-state index in [4.69, 9.17) is 0 Å². The van der Waals surface area contributed by atoms with Crippen LogP contribution in [-0.2, 0) is 20.0 Å². The monoisotopic (exact) mass is 520 g/mol. The van der Waals surface area contributed by atoms with E-state index in [2.05, 4.69) is 11.9 Å². The maximum Gasteiger partial charge on any atom is 0.243 e. The van der Waals surface area contributed by atoms with Gasteiger partial charge in [-0.05, 0) is 74.8 Å². The highest BCUT2D eigenvalue weighted by Crippen LogP contribution is 2.23. The summed E-state index contributed by atoms with van der Waals surface area (Å²) < 4.78 is 56.5. The minimum absolute atomic E-state index is 0.0533. The number of anilines is 1. The van der Waals surface area contributed by atoms with Crippen molar-refractivity contribution >= 4 is 25.7 Å². The number of hydrogen-bond donors (Lipinski definition) is 1. The molecule has 192 valence electrons. The Balaban J connectivity index is 1.85. The van der Waals surface area contributed by atoms with E-state index in [9.17, 15) is 16.8 Å². The van der Waals surface area contributed by atoms with Crippen LogP contribution in [0.5, 0.6) is 0 Å². The number of aryl methyl sites for hydroxylation is 1. The number of sulfonamides is 2. The zero-order valence-corrected chi connectivity index (χ0v) is 22.4. The van der Waals surface area contributed by atoms with Gasteiger partial charge in [0.05, 0.1) is 9.79 Å². The molecule has 1 N–H and O–H groups in total. The van der Waals surface area contributed by atoms with E-state index in [1.54, 1.807) is 48.5 Å². The van der Waals surface area contributed by atoms with E-state index < -0.39 is 20.0 Å². The minimum Gasteiger partial charge on any atom is -0.378 e. The molecule has 2 aromatic rings. The summed E-state index contributed by atoms with van der Waals surface area (Å²) in [5.74, 6) is 0. The predicted octanol–water partition coefficient (Wildman–Crippen LogP) is 2.68. The number of hydrogen-bond acceptors (Lipinski definition) is 6. The Morgan fingerprint density at radius 1 is 0.771 bits per heavy atom. The molecule has 35 heavy (non-hydrogen) atoms. The zero-order chi connectivity index (χ0) is 25.6. The van der Waals surface area contributed by atoms with Crippen LogP contribution in [0.25, 0.3) is 0 Å². The van der Waals surface area contributed by atoms with E-state index in [0.717, 1.165) is 11.3 Å². The highest BCUT2D eigenvalue weighted by atomic mass is 32.2. The normalized spacial score (nSPS) is 18.0. The molecule has 0 saturated carbocycles. The van der Waals surface area contributed by atoms with E-state index in [0.29, 0.717) is 44.6 Å². The van der Waals surface area contributed by atoms with Crippen LogP contribution < -0.4 is 10.2 Å². The van der Waals surface area contributed by atoms with Gasteiger partial charge in [-0.2, -0.15) is 8.61 Å². The van der Waals surface area contributed by atoms with Crippen molar-refractivity contribution in [2.75, 3.05) is 58.3 Å². The summed E-state index contributed by atoms with van der Waals surface area (Å²) in [7, 11) is -3.73. The van der Waals surface area contributed by atoms with Crippen molar-refractivity contribution in [1.29, 1.82) is 0 Å². The Morgan fingerprint density at radius 2 is 1.20 bits per heavy atom. The summed E-state index contributed by atoms with van der Waals surface area (Å²) in [4.78, 5) is 2.34. The zero-order valence-electron chi connectivity index (χ0n) is 20.8. The average Bonchev–Trinajstić information content (AvgIpc) is 2.81. The summed E-state index contributed by atoms with van der Waals surface area (Å²) in [6.45, 7) is 8.01. The molecular formula is C25H36N4O4S2. The molecule has 8 nitrogen and oxygen atoms in total. The van der Waals surface area contributed by atoms with Crippen molar-refractivity contribution in [3.05, 3.63) is 66.2 Å². The molecule has 0 amide bonds. The fourth-order valence-electron chi connectivity index (χ4n) is 3.93. The van der Waals surface area contributed by atoms with E-state index >= 15 is 0 Å². The number of nitrogens with one attached hydrogen (secondary N) is 1. The fraction of sp³-hybridized carbons (Fsp3) is 0.440. The van der Waals surface area contributed by atoms with Crippen LogP contribution in [0, 0.1) is 6.92 Å². The molecule has 3 rings (SSSR count). The Hall–Kier alpha value is -2.24. The second-order valence-corrected chi connectivity index (χ2v) is 13.0. The van der Waals surface area contributed by atoms with E-state index in [1.165, 1.54) is 8.61 Å². The van der Waals surface area contributed by atoms with Gasteiger partial charge >= 0.3 is 0 Å². The third-order valence-electron chi connectivity index (χ3n) is 5.97. The molecule has 10 heteroatoms. The van der Waals surface area contributed by atoms with Gasteiger partial charge in [-0.25, -0.2) is 16.8 Å². The topological polar surface area (TPSA) is 90.0 Å². The van der Waals surface area contributed by atoms with E-state index in [-0.39, 0.29) is 22.9 Å². The van der Waals surface area contributed by atoms with Gasteiger partial charge in [0.1, 0.15) is 0 Å². The predicted molar refractivity (Wildman–Crippen MR) is 141 cm³/mol. The molecule has 2 aromatic carbocycles. The van der Waals surface area contributed by atoms with Crippen molar-refractivity contribution in [3.63, 3.8) is 0 Å². The lowest BCUT2D eigenvalue weighted by atomic mass is 10.2. The lowest BCUT2D eigenvalue weighted by Gasteiger charge is -2.28. The highest BCUT2D eigenvalue weighted by molar-refractivity contribution is 7.89. The first-order chi connectivity index (χ1) is 16.5. The molecule has 0 radical (unpaired) electrons. The van der Waals surface area contributed by atoms with Gasteiger partial charge in [0, 0.05) is 46.0 Å². The lowest BCUT2D eigenvalue weighted by molar-refractivity contribution is 0.381. The molecular weight excluding hydrogens is 484 g/mol. The number of nitrogens with zero attached hydrogens (tertiary/aromatic N) is 3. The van der Waals surface area contributed by atoms with Gasteiger partial charge in [-0.15, -0.1) is 0 Å². The first-order valence-corrected chi connectivity index (χ1v) is 14.6. The Labute approximate surface area is 210 Å². The van der Waals surface area contributed by atoms with Crippen molar-refractivity contribution in [3.8, 4) is 0 Å². The van der Waals surface area contributed by atoms with Gasteiger partial charge in [0.15, 0.2) is 0 Å². The minimum atomic E-state index is -3.78. The smallest absolute Gasteiger partial charge is 0.243 e. The van der Waals surface area contributed by atoms with Crippen molar-refractivity contribution in [1.82, 2.24) is 13.9 Å². The van der Waals surface area contributed by atoms with Gasteiger partial charge in [0.2, 0.25) is 20.0 Å². The molecule has 0 bridgehead atoms. The fourth-order valence-corrected chi connectivity index (χ4v) is 6.93. The summed E-state index contributed by atoms with van der Waals surface area (Å²) in [5, 5.41) is 3.29. The number of benzene rings is 2. The second kappa shape index (κ2) is 11.7. The third kappa shape index (κ3) is 6.92. The molecule has 0 unspecified atom stereocenters. The SMILES string of the molecule is C=C1CN(S(=O)(=O)c2ccc(C)cc2)CCCNCCCN(S(=O)(=O)c2ccc(N(C)C)cc2)C1. The van der Waals surface area contributed by atoms with Crippen LogP contribution in [0.4, 0.5) is 5.69 Å². The molecule has 1 heterocycles. The van der Waals surface area contributed by atoms with Crippen LogP contribution in [0.1, 0.15) is 18.4 Å². The summed E-state index contributed by atoms with van der Waals surface area (Å²) in [6.07, 6.45) is 1.30. The van der Waals surface area contributed by atoms with Crippen LogP contribution in [0.2, 0.25) is 0 Å². The molecule has 1 fully saturated rings. The summed E-state index contributed by atoms with van der Waals surface area (Å²) in [5.41, 5.74) is 2.41. The molecule has 1 aliphatic rings. The molecule has 1 aliphatic heterocycles. The quantitative estimate of drug-likeness (QED) is 0.610. The first kappa shape index (κ1) is 27.3. The summed E-state index contributed by atoms with van der Waals surface area (Å²) in [6, 6.07) is 13.5. The van der Waals surface area contributed by atoms with Crippen LogP contribution >= 0.6 is 0 Å². The van der Waals surface area contributed by atoms with Crippen LogP contribution in [0.3, 0.4) is 0 Å². The Bertz CT molecular complexity index is 1210. The standard InChI is InChI=1S/C25H36N4O4S2/c1-21-7-11-24(12-8-21)34(30,31)28-17-5-15-26-16-6-18-29(20-22(2)19-28)35(32,33)25-13-9-23(10-14-25)27(3)4/h7-14,26H,2,5-6,15-20H2,1,3-4H3. The van der Waals surface area contributed by atoms with Crippen molar-refractivity contribution in [2.24, 2.45) is 0 Å². The largest absolute Gasteiger partial charge is 0.378 e. The first-order valence-electron chi connectivity index (χ1n) is 11.7. The van der Waals surface area contributed by atoms with E-state index in [1.807, 2.05) is 25.9 Å². The lowest BCUT2D eigenvalue weighted by Crippen LogP contribution is -2.40. The molecule has 1 saturated heterocycles. The Morgan fingerprint density at radius 3 is 1.63 bits per heavy atom. The van der Waals surface area contributed by atoms with Crippen molar-refractivity contribution < 1.29 is 16.8 Å². The van der Waals surface area contributed by atoms with Crippen LogP contribution in [0.15, 0.2) is 70.5 Å². The Kier molecular flexibility index (Phi) is 9.11. The van der Waals surface area contributed by atoms with Gasteiger partial charge < -0.3 is 10.2 Å². The number of rotatable bonds is 5. The molecule has 0 atom stereocenters.